The van der Waals surface area contributed by atoms with Gasteiger partial charge in [0.15, 0.2) is 0 Å². The summed E-state index contributed by atoms with van der Waals surface area (Å²) < 4.78 is 0. The molecule has 0 aromatic heterocycles. The zero-order valence-corrected chi connectivity index (χ0v) is 16.1. The van der Waals surface area contributed by atoms with E-state index < -0.39 is 5.41 Å². The molecule has 3 rings (SSSR count). The Bertz CT molecular complexity index is 786. The maximum atomic E-state index is 13.1. The Hall–Kier alpha value is -2.33. The van der Waals surface area contributed by atoms with Crippen molar-refractivity contribution in [2.75, 3.05) is 13.1 Å². The van der Waals surface area contributed by atoms with Crippen molar-refractivity contribution in [1.82, 2.24) is 10.6 Å². The van der Waals surface area contributed by atoms with Gasteiger partial charge in [0.1, 0.15) is 0 Å². The zero-order chi connectivity index (χ0) is 19.1. The topological polar surface area (TPSA) is 58.2 Å². The molecule has 2 aromatic rings. The number of halogens is 1. The van der Waals surface area contributed by atoms with Crippen molar-refractivity contribution >= 4 is 23.4 Å². The lowest BCUT2D eigenvalue weighted by Gasteiger charge is -2.36. The molecule has 0 saturated heterocycles. The van der Waals surface area contributed by atoms with Crippen LogP contribution in [0.2, 0.25) is 5.02 Å². The Morgan fingerprint density at radius 3 is 2.30 bits per heavy atom. The molecule has 4 nitrogen and oxygen atoms in total. The molecule has 1 saturated carbocycles. The fourth-order valence-corrected chi connectivity index (χ4v) is 3.99. The molecule has 0 spiro atoms. The largest absolute Gasteiger partial charge is 0.354 e. The van der Waals surface area contributed by atoms with Crippen LogP contribution in [0.3, 0.4) is 0 Å². The smallest absolute Gasteiger partial charge is 0.251 e. The lowest BCUT2D eigenvalue weighted by molar-refractivity contribution is -0.128. The van der Waals surface area contributed by atoms with Crippen LogP contribution in [0.1, 0.15) is 48.0 Å². The standard InChI is InChI=1S/C22H25ClN2O2/c23-19-11-7-10-18(16-19)22(12-5-2-6-13-22)21(27)25-15-14-24-20(26)17-8-3-1-4-9-17/h1,3-4,7-11,16H,2,5-6,12-15H2,(H,24,26)(H,25,27). The third kappa shape index (κ3) is 4.69. The Balaban J connectivity index is 1.59. The van der Waals surface area contributed by atoms with E-state index in [4.69, 9.17) is 11.6 Å². The lowest BCUT2D eigenvalue weighted by Crippen LogP contribution is -2.47. The van der Waals surface area contributed by atoms with E-state index in [1.165, 1.54) is 0 Å². The highest BCUT2D eigenvalue weighted by Gasteiger charge is 2.40. The van der Waals surface area contributed by atoms with Crippen LogP contribution in [0.25, 0.3) is 0 Å². The summed E-state index contributed by atoms with van der Waals surface area (Å²) in [4.78, 5) is 25.2. The van der Waals surface area contributed by atoms with Gasteiger partial charge >= 0.3 is 0 Å². The Morgan fingerprint density at radius 1 is 0.889 bits per heavy atom. The number of hydrogen-bond donors (Lipinski definition) is 2. The summed E-state index contributed by atoms with van der Waals surface area (Å²) in [5.41, 5.74) is 1.08. The van der Waals surface area contributed by atoms with Gasteiger partial charge in [-0.05, 0) is 42.7 Å². The number of nitrogens with one attached hydrogen (secondary N) is 2. The van der Waals surface area contributed by atoms with Gasteiger partial charge in [0.2, 0.25) is 5.91 Å². The van der Waals surface area contributed by atoms with Gasteiger partial charge in [-0.2, -0.15) is 0 Å². The van der Waals surface area contributed by atoms with Gasteiger partial charge in [-0.15, -0.1) is 0 Å². The highest BCUT2D eigenvalue weighted by atomic mass is 35.5. The van der Waals surface area contributed by atoms with E-state index in [0.29, 0.717) is 23.7 Å². The third-order valence-corrected chi connectivity index (χ3v) is 5.49. The normalized spacial score (nSPS) is 15.7. The summed E-state index contributed by atoms with van der Waals surface area (Å²) >= 11 is 6.17. The van der Waals surface area contributed by atoms with Crippen LogP contribution < -0.4 is 10.6 Å². The van der Waals surface area contributed by atoms with Gasteiger partial charge in [0.05, 0.1) is 5.41 Å². The van der Waals surface area contributed by atoms with E-state index in [2.05, 4.69) is 10.6 Å². The van der Waals surface area contributed by atoms with Crippen molar-refractivity contribution in [2.45, 2.75) is 37.5 Å². The van der Waals surface area contributed by atoms with Crippen molar-refractivity contribution in [1.29, 1.82) is 0 Å². The molecule has 1 fully saturated rings. The first-order valence-corrected chi connectivity index (χ1v) is 9.87. The molecular formula is C22H25ClN2O2. The predicted molar refractivity (Wildman–Crippen MR) is 108 cm³/mol. The molecule has 27 heavy (non-hydrogen) atoms. The van der Waals surface area contributed by atoms with Crippen LogP contribution in [0, 0.1) is 0 Å². The SMILES string of the molecule is O=C(NCCNC(=O)C1(c2cccc(Cl)c2)CCCCC1)c1ccccc1. The molecule has 0 atom stereocenters. The summed E-state index contributed by atoms with van der Waals surface area (Å²) in [5, 5.41) is 6.52. The molecular weight excluding hydrogens is 360 g/mol. The second kappa shape index (κ2) is 9.05. The van der Waals surface area contributed by atoms with Gasteiger partial charge in [-0.1, -0.05) is 61.2 Å². The van der Waals surface area contributed by atoms with Crippen LogP contribution in [0.4, 0.5) is 0 Å². The minimum absolute atomic E-state index is 0.0263. The monoisotopic (exact) mass is 384 g/mol. The molecule has 1 aliphatic rings. The molecule has 1 aliphatic carbocycles. The molecule has 0 heterocycles. The third-order valence-electron chi connectivity index (χ3n) is 5.25. The van der Waals surface area contributed by atoms with Crippen LogP contribution in [-0.4, -0.2) is 24.9 Å². The lowest BCUT2D eigenvalue weighted by atomic mass is 9.68. The van der Waals surface area contributed by atoms with E-state index in [1.54, 1.807) is 12.1 Å². The average molecular weight is 385 g/mol. The van der Waals surface area contributed by atoms with Crippen molar-refractivity contribution in [3.63, 3.8) is 0 Å². The Labute approximate surface area is 165 Å². The molecule has 0 bridgehead atoms. The van der Waals surface area contributed by atoms with Crippen molar-refractivity contribution in [2.24, 2.45) is 0 Å². The molecule has 2 amide bonds. The summed E-state index contributed by atoms with van der Waals surface area (Å²) in [6.07, 6.45) is 4.88. The van der Waals surface area contributed by atoms with Crippen LogP contribution >= 0.6 is 11.6 Å². The molecule has 0 aliphatic heterocycles. The number of benzene rings is 2. The molecule has 0 unspecified atom stereocenters. The maximum absolute atomic E-state index is 13.1. The van der Waals surface area contributed by atoms with E-state index in [9.17, 15) is 9.59 Å². The minimum atomic E-state index is -0.521. The molecule has 2 aromatic carbocycles. The minimum Gasteiger partial charge on any atom is -0.354 e. The van der Waals surface area contributed by atoms with E-state index in [1.807, 2.05) is 42.5 Å². The first kappa shape index (κ1) is 19.4. The van der Waals surface area contributed by atoms with Crippen molar-refractivity contribution in [3.8, 4) is 0 Å². The summed E-state index contributed by atoms with van der Waals surface area (Å²) in [7, 11) is 0. The molecule has 5 heteroatoms. The average Bonchev–Trinajstić information content (AvgIpc) is 2.72. The van der Waals surface area contributed by atoms with E-state index in [0.717, 1.165) is 37.7 Å². The van der Waals surface area contributed by atoms with Gasteiger partial charge in [0, 0.05) is 23.7 Å². The number of hydrogen-bond acceptors (Lipinski definition) is 2. The van der Waals surface area contributed by atoms with Gasteiger partial charge in [0.25, 0.3) is 5.91 Å². The number of amides is 2. The van der Waals surface area contributed by atoms with Gasteiger partial charge in [-0.3, -0.25) is 9.59 Å². The summed E-state index contributed by atoms with van der Waals surface area (Å²) in [6, 6.07) is 16.7. The molecule has 2 N–H and O–H groups in total. The van der Waals surface area contributed by atoms with E-state index >= 15 is 0 Å². The second-order valence-electron chi connectivity index (χ2n) is 7.03. The number of carbonyl (C=O) groups excluding carboxylic acids is 2. The van der Waals surface area contributed by atoms with Crippen LogP contribution in [0.15, 0.2) is 54.6 Å². The molecule has 142 valence electrons. The Kier molecular flexibility index (Phi) is 6.51. The van der Waals surface area contributed by atoms with Crippen LogP contribution in [-0.2, 0) is 10.2 Å². The van der Waals surface area contributed by atoms with Crippen LogP contribution in [0.5, 0.6) is 0 Å². The predicted octanol–water partition coefficient (Wildman–Crippen LogP) is 4.09. The van der Waals surface area contributed by atoms with E-state index in [-0.39, 0.29) is 11.8 Å². The second-order valence-corrected chi connectivity index (χ2v) is 7.47. The quantitative estimate of drug-likeness (QED) is 0.737. The van der Waals surface area contributed by atoms with Crippen molar-refractivity contribution in [3.05, 3.63) is 70.7 Å². The fourth-order valence-electron chi connectivity index (χ4n) is 3.80. The maximum Gasteiger partial charge on any atom is 0.251 e. The van der Waals surface area contributed by atoms with Gasteiger partial charge < -0.3 is 10.6 Å². The number of carbonyl (C=O) groups is 2. The first-order chi connectivity index (χ1) is 13.1. The summed E-state index contributed by atoms with van der Waals surface area (Å²) in [6.45, 7) is 0.796. The zero-order valence-electron chi connectivity index (χ0n) is 15.3. The summed E-state index contributed by atoms with van der Waals surface area (Å²) in [5.74, 6) is -0.106. The fraction of sp³-hybridized carbons (Fsp3) is 0.364. The highest BCUT2D eigenvalue weighted by Crippen LogP contribution is 2.40. The first-order valence-electron chi connectivity index (χ1n) is 9.49. The highest BCUT2D eigenvalue weighted by molar-refractivity contribution is 6.30. The number of rotatable bonds is 6. The Morgan fingerprint density at radius 2 is 1.59 bits per heavy atom. The van der Waals surface area contributed by atoms with Crippen molar-refractivity contribution < 1.29 is 9.59 Å². The molecule has 0 radical (unpaired) electrons. The van der Waals surface area contributed by atoms with Gasteiger partial charge in [-0.25, -0.2) is 0 Å².